The molecule has 1 aromatic carbocycles. The molecule has 6 heteroatoms. The lowest BCUT2D eigenvalue weighted by Gasteiger charge is -2.15. The molecule has 1 aromatic heterocycles. The molecular weight excluding hydrogens is 296 g/mol. The molecule has 0 aliphatic rings. The van der Waals surface area contributed by atoms with E-state index in [4.69, 9.17) is 21.1 Å². The second-order valence-electron chi connectivity index (χ2n) is 4.25. The van der Waals surface area contributed by atoms with E-state index in [0.717, 1.165) is 10.6 Å². The molecule has 1 heterocycles. The predicted molar refractivity (Wildman–Crippen MR) is 81.9 cm³/mol. The van der Waals surface area contributed by atoms with Crippen LogP contribution in [0.15, 0.2) is 23.7 Å². The van der Waals surface area contributed by atoms with Crippen molar-refractivity contribution in [1.82, 2.24) is 10.3 Å². The van der Waals surface area contributed by atoms with Crippen LogP contribution in [-0.4, -0.2) is 19.2 Å². The molecule has 0 amide bonds. The maximum Gasteiger partial charge on any atom is 0.179 e. The maximum absolute atomic E-state index is 6.34. The number of thiazole rings is 1. The number of methoxy groups -OCH3 is 2. The van der Waals surface area contributed by atoms with Crippen LogP contribution in [0.3, 0.4) is 0 Å². The zero-order chi connectivity index (χ0) is 14.5. The third-order valence-corrected chi connectivity index (χ3v) is 4.36. The van der Waals surface area contributed by atoms with E-state index in [2.05, 4.69) is 17.2 Å². The van der Waals surface area contributed by atoms with E-state index in [9.17, 15) is 0 Å². The van der Waals surface area contributed by atoms with E-state index in [0.29, 0.717) is 23.1 Å². The Kier molecular flexibility index (Phi) is 5.23. The van der Waals surface area contributed by atoms with Crippen LogP contribution in [0.1, 0.15) is 23.5 Å². The second-order valence-corrected chi connectivity index (χ2v) is 5.55. The molecule has 1 unspecified atom stereocenters. The third-order valence-electron chi connectivity index (χ3n) is 2.99. The van der Waals surface area contributed by atoms with E-state index in [1.807, 2.05) is 23.7 Å². The number of hydrogen-bond acceptors (Lipinski definition) is 5. The molecule has 0 aliphatic heterocycles. The van der Waals surface area contributed by atoms with E-state index in [-0.39, 0.29) is 6.04 Å². The Bertz CT molecular complexity index is 561. The van der Waals surface area contributed by atoms with Crippen LogP contribution in [0.2, 0.25) is 5.02 Å². The zero-order valence-electron chi connectivity index (χ0n) is 11.6. The maximum atomic E-state index is 6.34. The first-order chi connectivity index (χ1) is 9.67. The molecule has 1 N–H and O–H groups in total. The average molecular weight is 313 g/mol. The van der Waals surface area contributed by atoms with Crippen molar-refractivity contribution in [2.45, 2.75) is 19.5 Å². The number of nitrogens with zero attached hydrogens (tertiary/aromatic N) is 1. The van der Waals surface area contributed by atoms with Gasteiger partial charge in [-0.05, 0) is 18.6 Å². The lowest BCUT2D eigenvalue weighted by molar-refractivity contribution is 0.354. The van der Waals surface area contributed by atoms with Crippen LogP contribution in [0.25, 0.3) is 0 Å². The summed E-state index contributed by atoms with van der Waals surface area (Å²) in [6.45, 7) is 2.72. The van der Waals surface area contributed by atoms with Gasteiger partial charge >= 0.3 is 0 Å². The summed E-state index contributed by atoms with van der Waals surface area (Å²) in [6.07, 6.45) is 1.81. The van der Waals surface area contributed by atoms with Gasteiger partial charge in [0, 0.05) is 18.1 Å². The van der Waals surface area contributed by atoms with Crippen molar-refractivity contribution < 1.29 is 9.47 Å². The Hall–Kier alpha value is -1.30. The second kappa shape index (κ2) is 6.92. The quantitative estimate of drug-likeness (QED) is 0.884. The van der Waals surface area contributed by atoms with Gasteiger partial charge in [-0.3, -0.25) is 0 Å². The summed E-state index contributed by atoms with van der Waals surface area (Å²) in [6, 6.07) is 3.97. The number of nitrogens with one attached hydrogen (secondary N) is 1. The number of aromatic nitrogens is 1. The summed E-state index contributed by atoms with van der Waals surface area (Å²) < 4.78 is 10.5. The standard InChI is InChI=1S/C14H17ClN2O2S/c1-9(14-16-6-7-20-14)17-8-10-4-5-11(18-2)13(19-3)12(10)15/h4-7,9,17H,8H2,1-3H3. The number of halogens is 1. The molecule has 2 rings (SSSR count). The first-order valence-electron chi connectivity index (χ1n) is 6.19. The molecule has 4 nitrogen and oxygen atoms in total. The minimum atomic E-state index is 0.180. The van der Waals surface area contributed by atoms with E-state index in [1.165, 1.54) is 0 Å². The fourth-order valence-corrected chi connectivity index (χ4v) is 2.84. The highest BCUT2D eigenvalue weighted by Crippen LogP contribution is 2.37. The number of ether oxygens (including phenoxy) is 2. The predicted octanol–water partition coefficient (Wildman–Crippen LogP) is 3.66. The number of hydrogen-bond donors (Lipinski definition) is 1. The first kappa shape index (κ1) is 15.1. The van der Waals surface area contributed by atoms with Crippen LogP contribution >= 0.6 is 22.9 Å². The fourth-order valence-electron chi connectivity index (χ4n) is 1.87. The van der Waals surface area contributed by atoms with Crippen molar-refractivity contribution in [3.63, 3.8) is 0 Å². The molecule has 0 aliphatic carbocycles. The molecule has 0 saturated carbocycles. The summed E-state index contributed by atoms with van der Waals surface area (Å²) in [5.74, 6) is 1.20. The van der Waals surface area contributed by atoms with Gasteiger partial charge in [0.1, 0.15) is 5.01 Å². The summed E-state index contributed by atoms with van der Waals surface area (Å²) >= 11 is 7.98. The SMILES string of the molecule is COc1ccc(CNC(C)c2nccs2)c(Cl)c1OC. The van der Waals surface area contributed by atoms with Gasteiger partial charge in [0.25, 0.3) is 0 Å². The molecule has 0 bridgehead atoms. The Morgan fingerprint density at radius 3 is 2.75 bits per heavy atom. The van der Waals surface area contributed by atoms with Gasteiger partial charge in [-0.2, -0.15) is 0 Å². The molecule has 0 fully saturated rings. The Balaban J connectivity index is 2.10. The first-order valence-corrected chi connectivity index (χ1v) is 7.45. The van der Waals surface area contributed by atoms with E-state index < -0.39 is 0 Å². The monoisotopic (exact) mass is 312 g/mol. The molecule has 0 radical (unpaired) electrons. The molecule has 0 spiro atoms. The van der Waals surface area contributed by atoms with Crippen LogP contribution in [0.4, 0.5) is 0 Å². The summed E-state index contributed by atoms with van der Waals surface area (Å²) in [4.78, 5) is 4.29. The highest BCUT2D eigenvalue weighted by atomic mass is 35.5. The van der Waals surface area contributed by atoms with Crippen molar-refractivity contribution in [2.75, 3.05) is 14.2 Å². The van der Waals surface area contributed by atoms with Gasteiger partial charge < -0.3 is 14.8 Å². The number of rotatable bonds is 6. The van der Waals surface area contributed by atoms with E-state index >= 15 is 0 Å². The summed E-state index contributed by atoms with van der Waals surface area (Å²) in [5, 5.41) is 7.00. The fraction of sp³-hybridized carbons (Fsp3) is 0.357. The topological polar surface area (TPSA) is 43.4 Å². The van der Waals surface area contributed by atoms with Gasteiger partial charge in [0.05, 0.1) is 25.3 Å². The van der Waals surface area contributed by atoms with Crippen molar-refractivity contribution in [1.29, 1.82) is 0 Å². The van der Waals surface area contributed by atoms with Crippen molar-refractivity contribution in [3.05, 3.63) is 39.3 Å². The Morgan fingerprint density at radius 2 is 2.15 bits per heavy atom. The van der Waals surface area contributed by atoms with Crippen molar-refractivity contribution in [2.24, 2.45) is 0 Å². The molecule has 20 heavy (non-hydrogen) atoms. The molecule has 108 valence electrons. The van der Waals surface area contributed by atoms with E-state index in [1.54, 1.807) is 25.6 Å². The number of benzene rings is 1. The van der Waals surface area contributed by atoms with Gasteiger partial charge in [-0.15, -0.1) is 11.3 Å². The summed E-state index contributed by atoms with van der Waals surface area (Å²) in [5.41, 5.74) is 0.965. The lowest BCUT2D eigenvalue weighted by Crippen LogP contribution is -2.18. The third kappa shape index (κ3) is 3.23. The zero-order valence-corrected chi connectivity index (χ0v) is 13.2. The van der Waals surface area contributed by atoms with Crippen LogP contribution in [-0.2, 0) is 6.54 Å². The highest BCUT2D eigenvalue weighted by molar-refractivity contribution is 7.09. The largest absolute Gasteiger partial charge is 0.493 e. The highest BCUT2D eigenvalue weighted by Gasteiger charge is 2.14. The minimum Gasteiger partial charge on any atom is -0.493 e. The van der Waals surface area contributed by atoms with Crippen LogP contribution in [0.5, 0.6) is 11.5 Å². The lowest BCUT2D eigenvalue weighted by atomic mass is 10.2. The molecule has 2 aromatic rings. The normalized spacial score (nSPS) is 12.2. The minimum absolute atomic E-state index is 0.180. The average Bonchev–Trinajstić information content (AvgIpc) is 2.99. The molecule has 0 saturated heterocycles. The molecule has 1 atom stereocenters. The van der Waals surface area contributed by atoms with Gasteiger partial charge in [-0.25, -0.2) is 4.98 Å². The van der Waals surface area contributed by atoms with Gasteiger partial charge in [0.15, 0.2) is 11.5 Å². The van der Waals surface area contributed by atoms with Gasteiger partial charge in [0.2, 0.25) is 0 Å². The summed E-state index contributed by atoms with van der Waals surface area (Å²) in [7, 11) is 3.18. The smallest absolute Gasteiger partial charge is 0.179 e. The van der Waals surface area contributed by atoms with Crippen molar-refractivity contribution in [3.8, 4) is 11.5 Å². The molecular formula is C14H17ClN2O2S. The Labute approximate surface area is 127 Å². The van der Waals surface area contributed by atoms with Gasteiger partial charge in [-0.1, -0.05) is 17.7 Å². The van der Waals surface area contributed by atoms with Crippen molar-refractivity contribution >= 4 is 22.9 Å². The Morgan fingerprint density at radius 1 is 1.35 bits per heavy atom. The van der Waals surface area contributed by atoms with Crippen LogP contribution in [0, 0.1) is 0 Å². The van der Waals surface area contributed by atoms with Crippen LogP contribution < -0.4 is 14.8 Å².